The topological polar surface area (TPSA) is 156 Å². The number of benzene rings is 1. The average molecular weight is 390 g/mol. The van der Waals surface area contributed by atoms with E-state index < -0.39 is 35.7 Å². The lowest BCUT2D eigenvalue weighted by Gasteiger charge is -2.41. The maximum Gasteiger partial charge on any atom is 0.305 e. The van der Waals surface area contributed by atoms with Gasteiger partial charge in [0.15, 0.2) is 0 Å². The number of primary amides is 1. The summed E-state index contributed by atoms with van der Waals surface area (Å²) in [6, 6.07) is 7.76. The molecule has 1 aromatic rings. The molecule has 1 heterocycles. The Kier molecular flexibility index (Phi) is 7.11. The van der Waals surface area contributed by atoms with Crippen LogP contribution in [0.3, 0.4) is 0 Å². The first-order valence-corrected chi connectivity index (χ1v) is 9.15. The van der Waals surface area contributed by atoms with Crippen LogP contribution >= 0.6 is 0 Å². The molecule has 1 saturated heterocycles. The van der Waals surface area contributed by atoms with E-state index >= 15 is 0 Å². The second kappa shape index (κ2) is 9.32. The second-order valence-corrected chi connectivity index (χ2v) is 6.89. The van der Waals surface area contributed by atoms with Crippen LogP contribution in [0, 0.1) is 0 Å². The van der Waals surface area contributed by atoms with Crippen LogP contribution in [0.15, 0.2) is 30.3 Å². The third-order valence-corrected chi connectivity index (χ3v) is 5.12. The largest absolute Gasteiger partial charge is 0.481 e. The Morgan fingerprint density at radius 1 is 1.14 bits per heavy atom. The third kappa shape index (κ3) is 4.86. The summed E-state index contributed by atoms with van der Waals surface area (Å²) in [4.78, 5) is 49.6. The number of amides is 3. The predicted molar refractivity (Wildman–Crippen MR) is 101 cm³/mol. The van der Waals surface area contributed by atoms with Crippen molar-refractivity contribution in [2.45, 2.75) is 37.1 Å². The van der Waals surface area contributed by atoms with Gasteiger partial charge in [0, 0.05) is 26.1 Å². The molecule has 0 spiro atoms. The number of carboxylic acid groups (broad SMARTS) is 1. The lowest BCUT2D eigenvalue weighted by molar-refractivity contribution is -0.141. The first-order valence-electron chi connectivity index (χ1n) is 9.15. The molecule has 0 radical (unpaired) electrons. The minimum absolute atomic E-state index is 0.0644. The van der Waals surface area contributed by atoms with Gasteiger partial charge in [-0.2, -0.15) is 0 Å². The predicted octanol–water partition coefficient (Wildman–Crippen LogP) is -0.660. The highest BCUT2D eigenvalue weighted by atomic mass is 16.4. The van der Waals surface area contributed by atoms with Crippen LogP contribution in [-0.2, 0) is 24.6 Å². The van der Waals surface area contributed by atoms with Crippen molar-refractivity contribution in [1.29, 1.82) is 0 Å². The van der Waals surface area contributed by atoms with E-state index in [2.05, 4.69) is 5.32 Å². The Hall–Kier alpha value is -2.94. The number of aliphatic carboxylic acids is 1. The molecule has 1 atom stereocenters. The Balaban J connectivity index is 2.26. The Morgan fingerprint density at radius 2 is 1.75 bits per heavy atom. The van der Waals surface area contributed by atoms with Crippen LogP contribution in [0.4, 0.5) is 0 Å². The second-order valence-electron chi connectivity index (χ2n) is 6.89. The van der Waals surface area contributed by atoms with Crippen molar-refractivity contribution in [3.05, 3.63) is 35.9 Å². The van der Waals surface area contributed by atoms with Gasteiger partial charge in [-0.15, -0.1) is 0 Å². The van der Waals surface area contributed by atoms with Gasteiger partial charge < -0.3 is 26.8 Å². The van der Waals surface area contributed by atoms with Gasteiger partial charge in [0.05, 0.1) is 11.8 Å². The lowest BCUT2D eigenvalue weighted by Crippen LogP contribution is -2.57. The molecule has 0 unspecified atom stereocenters. The summed E-state index contributed by atoms with van der Waals surface area (Å²) in [7, 11) is 0. The number of carbonyl (C=O) groups is 4. The SMILES string of the molecule is NCCC(=O)N1CCC(C(=O)N[C@@H](CC(=O)O)C(N)=O)(c2ccccc2)CC1. The van der Waals surface area contributed by atoms with Crippen molar-refractivity contribution in [3.8, 4) is 0 Å². The van der Waals surface area contributed by atoms with E-state index in [-0.39, 0.29) is 18.9 Å². The number of likely N-dealkylation sites (tertiary alicyclic amines) is 1. The van der Waals surface area contributed by atoms with Crippen molar-refractivity contribution < 1.29 is 24.3 Å². The maximum atomic E-state index is 13.2. The monoisotopic (exact) mass is 390 g/mol. The van der Waals surface area contributed by atoms with E-state index in [9.17, 15) is 19.2 Å². The molecule has 28 heavy (non-hydrogen) atoms. The van der Waals surface area contributed by atoms with Gasteiger partial charge in [-0.3, -0.25) is 19.2 Å². The Bertz CT molecular complexity index is 729. The van der Waals surface area contributed by atoms with Gasteiger partial charge in [0.25, 0.3) is 0 Å². The van der Waals surface area contributed by atoms with Crippen LogP contribution in [0.25, 0.3) is 0 Å². The van der Waals surface area contributed by atoms with E-state index in [1.807, 2.05) is 18.2 Å². The fourth-order valence-electron chi connectivity index (χ4n) is 3.52. The maximum absolute atomic E-state index is 13.2. The number of nitrogens with zero attached hydrogens (tertiary/aromatic N) is 1. The number of piperidine rings is 1. The van der Waals surface area contributed by atoms with Crippen LogP contribution in [0.2, 0.25) is 0 Å². The van der Waals surface area contributed by atoms with Gasteiger partial charge in [0.1, 0.15) is 6.04 Å². The van der Waals surface area contributed by atoms with Crippen LogP contribution in [-0.4, -0.2) is 59.4 Å². The smallest absolute Gasteiger partial charge is 0.305 e. The van der Waals surface area contributed by atoms with Crippen molar-refractivity contribution in [2.24, 2.45) is 11.5 Å². The van der Waals surface area contributed by atoms with E-state index in [1.54, 1.807) is 17.0 Å². The molecule has 3 amide bonds. The number of carbonyl (C=O) groups excluding carboxylic acids is 3. The summed E-state index contributed by atoms with van der Waals surface area (Å²) < 4.78 is 0. The van der Waals surface area contributed by atoms with E-state index in [0.29, 0.717) is 25.9 Å². The number of nitrogens with two attached hydrogens (primary N) is 2. The number of hydrogen-bond donors (Lipinski definition) is 4. The molecule has 0 aromatic heterocycles. The van der Waals surface area contributed by atoms with Gasteiger partial charge in [-0.1, -0.05) is 30.3 Å². The minimum atomic E-state index is -1.30. The summed E-state index contributed by atoms with van der Waals surface area (Å²) in [6.45, 7) is 0.984. The summed E-state index contributed by atoms with van der Waals surface area (Å²) in [5.74, 6) is -2.67. The van der Waals surface area contributed by atoms with Crippen LogP contribution < -0.4 is 16.8 Å². The highest BCUT2D eigenvalue weighted by Crippen LogP contribution is 2.36. The van der Waals surface area contributed by atoms with Crippen molar-refractivity contribution >= 4 is 23.7 Å². The normalized spacial score (nSPS) is 16.8. The molecule has 2 rings (SSSR count). The van der Waals surface area contributed by atoms with Crippen LogP contribution in [0.5, 0.6) is 0 Å². The molecule has 1 aliphatic rings. The van der Waals surface area contributed by atoms with E-state index in [1.165, 1.54) is 0 Å². The molecular weight excluding hydrogens is 364 g/mol. The minimum Gasteiger partial charge on any atom is -0.481 e. The van der Waals surface area contributed by atoms with Gasteiger partial charge in [-0.25, -0.2) is 0 Å². The first-order chi connectivity index (χ1) is 13.3. The Labute approximate surface area is 163 Å². The number of carboxylic acids is 1. The number of hydrogen-bond acceptors (Lipinski definition) is 5. The summed E-state index contributed by atoms with van der Waals surface area (Å²) in [5.41, 5.74) is 10.5. The zero-order valence-corrected chi connectivity index (χ0v) is 15.6. The van der Waals surface area contributed by atoms with E-state index in [0.717, 1.165) is 5.56 Å². The van der Waals surface area contributed by atoms with Gasteiger partial charge in [0.2, 0.25) is 17.7 Å². The molecule has 0 bridgehead atoms. The summed E-state index contributed by atoms with van der Waals surface area (Å²) in [6.07, 6.45) is 0.343. The average Bonchev–Trinajstić information content (AvgIpc) is 2.68. The quantitative estimate of drug-likeness (QED) is 0.462. The molecule has 1 fully saturated rings. The summed E-state index contributed by atoms with van der Waals surface area (Å²) in [5, 5.41) is 11.5. The van der Waals surface area contributed by atoms with Crippen molar-refractivity contribution in [3.63, 3.8) is 0 Å². The molecule has 1 aliphatic heterocycles. The zero-order valence-electron chi connectivity index (χ0n) is 15.6. The third-order valence-electron chi connectivity index (χ3n) is 5.12. The van der Waals surface area contributed by atoms with Gasteiger partial charge in [-0.05, 0) is 18.4 Å². The van der Waals surface area contributed by atoms with Crippen molar-refractivity contribution in [1.82, 2.24) is 10.2 Å². The molecule has 9 nitrogen and oxygen atoms in total. The van der Waals surface area contributed by atoms with Crippen molar-refractivity contribution in [2.75, 3.05) is 19.6 Å². The fourth-order valence-corrected chi connectivity index (χ4v) is 3.52. The molecule has 152 valence electrons. The number of rotatable bonds is 8. The molecule has 1 aromatic carbocycles. The highest BCUT2D eigenvalue weighted by Gasteiger charge is 2.44. The standard InChI is InChI=1S/C19H26N4O5/c20-9-6-15(24)23-10-7-19(8-11-23,13-4-2-1-3-5-13)18(28)22-14(17(21)27)12-16(25)26/h1-5,14H,6-12,20H2,(H2,21,27)(H,22,28)(H,25,26)/t14-/m0/s1. The molecular formula is C19H26N4O5. The number of nitrogens with one attached hydrogen (secondary N) is 1. The van der Waals surface area contributed by atoms with Gasteiger partial charge >= 0.3 is 5.97 Å². The molecule has 6 N–H and O–H groups in total. The Morgan fingerprint density at radius 3 is 2.25 bits per heavy atom. The lowest BCUT2D eigenvalue weighted by atomic mass is 9.71. The molecule has 0 saturated carbocycles. The molecule has 0 aliphatic carbocycles. The van der Waals surface area contributed by atoms with Crippen LogP contribution in [0.1, 0.15) is 31.2 Å². The van der Waals surface area contributed by atoms with E-state index in [4.69, 9.17) is 16.6 Å². The fraction of sp³-hybridized carbons (Fsp3) is 0.474. The zero-order chi connectivity index (χ0) is 20.7. The first kappa shape index (κ1) is 21.4. The highest BCUT2D eigenvalue weighted by molar-refractivity contribution is 5.94. The summed E-state index contributed by atoms with van der Waals surface area (Å²) >= 11 is 0. The molecule has 9 heteroatoms.